The number of hydrogen-bond donors (Lipinski definition) is 2. The van der Waals surface area contributed by atoms with Crippen LogP contribution in [0.1, 0.15) is 24.1 Å². The molecule has 0 fully saturated rings. The molecule has 26 heavy (non-hydrogen) atoms. The summed E-state index contributed by atoms with van der Waals surface area (Å²) in [4.78, 5) is 13.5. The van der Waals surface area contributed by atoms with Crippen LogP contribution < -0.4 is 11.1 Å². The Morgan fingerprint density at radius 1 is 1.04 bits per heavy atom. The minimum Gasteiger partial charge on any atom is -0.396 e. The maximum Gasteiger partial charge on any atom is 0.223 e. The summed E-state index contributed by atoms with van der Waals surface area (Å²) in [6.07, 6.45) is 5.40. The Kier molecular flexibility index (Phi) is 4.01. The first-order valence-corrected chi connectivity index (χ1v) is 8.50. The van der Waals surface area contributed by atoms with Gasteiger partial charge in [0, 0.05) is 6.20 Å². The molecule has 3 heterocycles. The van der Waals surface area contributed by atoms with E-state index in [0.717, 1.165) is 16.9 Å². The second-order valence-electron chi connectivity index (χ2n) is 6.30. The molecular formula is C20H20N6. The second-order valence-corrected chi connectivity index (χ2v) is 6.30. The number of fused-ring (bicyclic) bond motifs is 1. The summed E-state index contributed by atoms with van der Waals surface area (Å²) in [7, 11) is 0. The first kappa shape index (κ1) is 16.1. The maximum absolute atomic E-state index is 6.16. The van der Waals surface area contributed by atoms with Gasteiger partial charge in [-0.05, 0) is 31.0 Å². The van der Waals surface area contributed by atoms with Gasteiger partial charge in [-0.1, -0.05) is 36.4 Å². The smallest absolute Gasteiger partial charge is 0.223 e. The molecule has 0 aliphatic heterocycles. The highest BCUT2D eigenvalue weighted by Crippen LogP contribution is 2.27. The Hall–Kier alpha value is -3.41. The molecular weight excluding hydrogens is 324 g/mol. The molecule has 0 saturated heterocycles. The lowest BCUT2D eigenvalue weighted by atomic mass is 10.1. The van der Waals surface area contributed by atoms with Gasteiger partial charge >= 0.3 is 0 Å². The molecule has 0 amide bonds. The van der Waals surface area contributed by atoms with Crippen LogP contribution in [-0.4, -0.2) is 19.4 Å². The van der Waals surface area contributed by atoms with Crippen LogP contribution in [0.4, 0.5) is 11.6 Å². The molecule has 0 aliphatic rings. The Balaban J connectivity index is 1.71. The van der Waals surface area contributed by atoms with E-state index in [1.165, 1.54) is 5.56 Å². The van der Waals surface area contributed by atoms with Crippen molar-refractivity contribution in [3.8, 4) is 11.4 Å². The summed E-state index contributed by atoms with van der Waals surface area (Å²) in [5.74, 6) is 0.535. The van der Waals surface area contributed by atoms with Gasteiger partial charge in [0.1, 0.15) is 11.3 Å². The minimum atomic E-state index is 0.0807. The fourth-order valence-electron chi connectivity index (χ4n) is 3.01. The van der Waals surface area contributed by atoms with E-state index in [1.54, 1.807) is 12.4 Å². The van der Waals surface area contributed by atoms with Gasteiger partial charge in [-0.2, -0.15) is 0 Å². The number of nitrogen functional groups attached to an aromatic ring is 1. The van der Waals surface area contributed by atoms with Gasteiger partial charge in [0.15, 0.2) is 0 Å². The number of pyridine rings is 1. The largest absolute Gasteiger partial charge is 0.396 e. The predicted molar refractivity (Wildman–Crippen MR) is 104 cm³/mol. The van der Waals surface area contributed by atoms with Crippen LogP contribution in [0.15, 0.2) is 61.1 Å². The first-order chi connectivity index (χ1) is 12.6. The van der Waals surface area contributed by atoms with E-state index in [4.69, 9.17) is 5.73 Å². The molecule has 0 unspecified atom stereocenters. The fourth-order valence-corrected chi connectivity index (χ4v) is 3.01. The number of anilines is 2. The maximum atomic E-state index is 6.16. The standard InChI is InChI=1S/C20H20N6/c1-13-7-6-10-26-17(12-22-19(13)26)18-16(21)11-23-20(25-18)24-14(2)15-8-4-3-5-9-15/h3-12,14H,21H2,1-2H3,(H,23,24,25)/t14-/m0/s1. The van der Waals surface area contributed by atoms with E-state index in [2.05, 4.69) is 39.3 Å². The van der Waals surface area contributed by atoms with Crippen molar-refractivity contribution in [1.29, 1.82) is 0 Å². The number of aryl methyl sites for hydroxylation is 1. The molecule has 130 valence electrons. The minimum absolute atomic E-state index is 0.0807. The lowest BCUT2D eigenvalue weighted by Crippen LogP contribution is -2.10. The molecule has 0 bridgehead atoms. The zero-order valence-electron chi connectivity index (χ0n) is 14.7. The Morgan fingerprint density at radius 3 is 2.65 bits per heavy atom. The van der Waals surface area contributed by atoms with Gasteiger partial charge in [0.25, 0.3) is 0 Å². The van der Waals surface area contributed by atoms with Crippen molar-refractivity contribution >= 4 is 17.3 Å². The van der Waals surface area contributed by atoms with Crippen molar-refractivity contribution in [3.05, 3.63) is 72.2 Å². The van der Waals surface area contributed by atoms with Gasteiger partial charge in [0.05, 0.1) is 29.8 Å². The molecule has 0 radical (unpaired) electrons. The van der Waals surface area contributed by atoms with Crippen LogP contribution in [-0.2, 0) is 0 Å². The molecule has 0 spiro atoms. The lowest BCUT2D eigenvalue weighted by Gasteiger charge is -2.15. The van der Waals surface area contributed by atoms with E-state index in [-0.39, 0.29) is 6.04 Å². The van der Waals surface area contributed by atoms with Crippen molar-refractivity contribution in [2.45, 2.75) is 19.9 Å². The molecule has 0 saturated carbocycles. The third-order valence-corrected chi connectivity index (χ3v) is 4.44. The van der Waals surface area contributed by atoms with E-state index in [9.17, 15) is 0 Å². The quantitative estimate of drug-likeness (QED) is 0.587. The van der Waals surface area contributed by atoms with E-state index < -0.39 is 0 Å². The Labute approximate surface area is 151 Å². The third kappa shape index (κ3) is 2.86. The number of nitrogens with zero attached hydrogens (tertiary/aromatic N) is 4. The Bertz CT molecular complexity index is 1050. The first-order valence-electron chi connectivity index (χ1n) is 8.50. The highest BCUT2D eigenvalue weighted by atomic mass is 15.1. The number of nitrogens with two attached hydrogens (primary N) is 1. The third-order valence-electron chi connectivity index (χ3n) is 4.44. The number of rotatable bonds is 4. The Morgan fingerprint density at radius 2 is 1.85 bits per heavy atom. The molecule has 3 aromatic heterocycles. The van der Waals surface area contributed by atoms with E-state index in [1.807, 2.05) is 47.9 Å². The number of hydrogen-bond acceptors (Lipinski definition) is 5. The average Bonchev–Trinajstić information content (AvgIpc) is 3.09. The van der Waals surface area contributed by atoms with Crippen molar-refractivity contribution in [1.82, 2.24) is 19.4 Å². The zero-order chi connectivity index (χ0) is 18.1. The molecule has 6 heteroatoms. The van der Waals surface area contributed by atoms with Crippen molar-refractivity contribution in [2.24, 2.45) is 0 Å². The van der Waals surface area contributed by atoms with Crippen molar-refractivity contribution < 1.29 is 0 Å². The molecule has 4 aromatic rings. The second kappa shape index (κ2) is 6.48. The fraction of sp³-hybridized carbons (Fsp3) is 0.150. The summed E-state index contributed by atoms with van der Waals surface area (Å²) in [5.41, 5.74) is 11.4. The molecule has 1 aromatic carbocycles. The molecule has 1 atom stereocenters. The van der Waals surface area contributed by atoms with Gasteiger partial charge in [0.2, 0.25) is 5.95 Å². The monoisotopic (exact) mass is 344 g/mol. The van der Waals surface area contributed by atoms with Crippen LogP contribution >= 0.6 is 0 Å². The van der Waals surface area contributed by atoms with Crippen molar-refractivity contribution in [3.63, 3.8) is 0 Å². The lowest BCUT2D eigenvalue weighted by molar-refractivity contribution is 0.861. The summed E-state index contributed by atoms with van der Waals surface area (Å²) >= 11 is 0. The number of benzene rings is 1. The predicted octanol–water partition coefficient (Wildman–Crippen LogP) is 3.86. The van der Waals surface area contributed by atoms with E-state index >= 15 is 0 Å². The van der Waals surface area contributed by atoms with Crippen LogP contribution in [0, 0.1) is 6.92 Å². The summed E-state index contributed by atoms with van der Waals surface area (Å²) in [6, 6.07) is 14.3. The van der Waals surface area contributed by atoms with Crippen LogP contribution in [0.2, 0.25) is 0 Å². The summed E-state index contributed by atoms with van der Waals surface area (Å²) in [6.45, 7) is 4.11. The average molecular weight is 344 g/mol. The molecule has 0 aliphatic carbocycles. The number of nitrogens with one attached hydrogen (secondary N) is 1. The summed E-state index contributed by atoms with van der Waals surface area (Å²) < 4.78 is 2.00. The molecule has 4 rings (SSSR count). The van der Waals surface area contributed by atoms with Crippen molar-refractivity contribution in [2.75, 3.05) is 11.1 Å². The SMILES string of the molecule is Cc1cccn2c(-c3nc(N[C@@H](C)c4ccccc4)ncc3N)cnc12. The van der Waals surface area contributed by atoms with Crippen LogP contribution in [0.25, 0.3) is 17.0 Å². The van der Waals surface area contributed by atoms with Gasteiger partial charge < -0.3 is 11.1 Å². The zero-order valence-corrected chi connectivity index (χ0v) is 14.7. The van der Waals surface area contributed by atoms with Gasteiger partial charge in [-0.3, -0.25) is 4.40 Å². The van der Waals surface area contributed by atoms with Crippen LogP contribution in [0.3, 0.4) is 0 Å². The number of imidazole rings is 1. The molecule has 6 nitrogen and oxygen atoms in total. The normalized spacial score (nSPS) is 12.2. The van der Waals surface area contributed by atoms with Gasteiger partial charge in [-0.25, -0.2) is 15.0 Å². The van der Waals surface area contributed by atoms with Gasteiger partial charge in [-0.15, -0.1) is 0 Å². The van der Waals surface area contributed by atoms with E-state index in [0.29, 0.717) is 17.3 Å². The summed E-state index contributed by atoms with van der Waals surface area (Å²) in [5, 5.41) is 3.34. The molecule has 3 N–H and O–H groups in total. The topological polar surface area (TPSA) is 81.1 Å². The highest BCUT2D eigenvalue weighted by molar-refractivity contribution is 5.73. The van der Waals surface area contributed by atoms with Crippen LogP contribution in [0.5, 0.6) is 0 Å². The number of aromatic nitrogens is 4. The highest BCUT2D eigenvalue weighted by Gasteiger charge is 2.14.